The summed E-state index contributed by atoms with van der Waals surface area (Å²) in [6, 6.07) is 3.80. The molecule has 1 aliphatic rings. The molecule has 0 atom stereocenters. The first-order chi connectivity index (χ1) is 12.9. The topological polar surface area (TPSA) is 64.4 Å². The molecular formula is C21H29ClN2O3S. The maximum atomic E-state index is 11.8. The van der Waals surface area contributed by atoms with Crippen LogP contribution in [0.15, 0.2) is 21.4 Å². The zero-order valence-electron chi connectivity index (χ0n) is 17.4. The predicted molar refractivity (Wildman–Crippen MR) is 114 cm³/mol. The maximum absolute atomic E-state index is 11.8. The van der Waals surface area contributed by atoms with Crippen LogP contribution in [0.5, 0.6) is 0 Å². The molecule has 1 aromatic carbocycles. The van der Waals surface area contributed by atoms with E-state index >= 15 is 0 Å². The molecule has 0 spiro atoms. The average Bonchev–Trinajstić information content (AvgIpc) is 2.94. The molecule has 0 bridgehead atoms. The Labute approximate surface area is 175 Å². The van der Waals surface area contributed by atoms with Crippen molar-refractivity contribution in [2.75, 3.05) is 6.54 Å². The summed E-state index contributed by atoms with van der Waals surface area (Å²) < 4.78 is 11.4. The lowest BCUT2D eigenvalue weighted by atomic mass is 9.85. The minimum absolute atomic E-state index is 0.150. The molecule has 0 unspecified atom stereocenters. The standard InChI is InChI=1S/C21H29ClN2O3S/c1-20(2,3)18-24-15-8-7-14(22)17(16(15)26-18)28-13-9-12(10-13)11-23-19(25)27-21(4,5)6/h7-8,12-13H,9-11H2,1-6H3,(H,23,25)/t12-,13+. The number of amides is 1. The predicted octanol–water partition coefficient (Wildman–Crippen LogP) is 6.17. The summed E-state index contributed by atoms with van der Waals surface area (Å²) in [5.74, 6) is 1.18. The molecule has 1 aromatic heterocycles. The Kier molecular flexibility index (Phi) is 5.93. The minimum Gasteiger partial charge on any atom is -0.444 e. The van der Waals surface area contributed by atoms with Gasteiger partial charge in [-0.15, -0.1) is 11.8 Å². The largest absolute Gasteiger partial charge is 0.444 e. The number of hydrogen-bond acceptors (Lipinski definition) is 5. The van der Waals surface area contributed by atoms with Gasteiger partial charge in [0.05, 0.1) is 9.92 Å². The van der Waals surface area contributed by atoms with Crippen molar-refractivity contribution in [3.05, 3.63) is 23.0 Å². The Morgan fingerprint density at radius 1 is 1.29 bits per heavy atom. The van der Waals surface area contributed by atoms with Crippen molar-refractivity contribution in [3.8, 4) is 0 Å². The van der Waals surface area contributed by atoms with E-state index < -0.39 is 5.60 Å². The van der Waals surface area contributed by atoms with Crippen LogP contribution in [0.3, 0.4) is 0 Å². The van der Waals surface area contributed by atoms with Crippen molar-refractivity contribution >= 4 is 40.6 Å². The van der Waals surface area contributed by atoms with E-state index in [1.54, 1.807) is 11.8 Å². The third-order valence-electron chi connectivity index (χ3n) is 4.52. The Morgan fingerprint density at radius 3 is 2.57 bits per heavy atom. The lowest BCUT2D eigenvalue weighted by Crippen LogP contribution is -2.39. The first-order valence-corrected chi connectivity index (χ1v) is 10.9. The SMILES string of the molecule is CC(C)(C)OC(=O)NC[C@H]1C[C@@H](Sc2c(Cl)ccc3nc(C(C)(C)C)oc23)C1. The number of nitrogens with one attached hydrogen (secondary N) is 1. The quantitative estimate of drug-likeness (QED) is 0.635. The fourth-order valence-corrected chi connectivity index (χ4v) is 4.81. The van der Waals surface area contributed by atoms with E-state index in [9.17, 15) is 4.79 Å². The fourth-order valence-electron chi connectivity index (χ4n) is 3.02. The van der Waals surface area contributed by atoms with E-state index in [4.69, 9.17) is 20.8 Å². The van der Waals surface area contributed by atoms with Gasteiger partial charge < -0.3 is 14.5 Å². The highest BCUT2D eigenvalue weighted by atomic mass is 35.5. The number of alkyl carbamates (subject to hydrolysis) is 1. The summed E-state index contributed by atoms with van der Waals surface area (Å²) in [4.78, 5) is 17.4. The number of halogens is 1. The van der Waals surface area contributed by atoms with Crippen LogP contribution in [0.2, 0.25) is 5.02 Å². The van der Waals surface area contributed by atoms with Gasteiger partial charge in [0.1, 0.15) is 11.1 Å². The van der Waals surface area contributed by atoms with Gasteiger partial charge in [0.25, 0.3) is 0 Å². The van der Waals surface area contributed by atoms with Gasteiger partial charge in [-0.3, -0.25) is 0 Å². The molecule has 2 aromatic rings. The third-order valence-corrected chi connectivity index (χ3v) is 6.30. The van der Waals surface area contributed by atoms with Crippen molar-refractivity contribution in [2.24, 2.45) is 5.92 Å². The van der Waals surface area contributed by atoms with Crippen LogP contribution in [0.25, 0.3) is 11.1 Å². The number of fused-ring (bicyclic) bond motifs is 1. The summed E-state index contributed by atoms with van der Waals surface area (Å²) in [5.41, 5.74) is 1.00. The highest BCUT2D eigenvalue weighted by molar-refractivity contribution is 8.00. The smallest absolute Gasteiger partial charge is 0.407 e. The van der Waals surface area contributed by atoms with Crippen molar-refractivity contribution in [2.45, 2.75) is 75.5 Å². The van der Waals surface area contributed by atoms with Crippen LogP contribution in [-0.2, 0) is 10.2 Å². The summed E-state index contributed by atoms with van der Waals surface area (Å²) in [5, 5.41) is 4.02. The highest BCUT2D eigenvalue weighted by Gasteiger charge is 2.32. The Bertz CT molecular complexity index is 861. The van der Waals surface area contributed by atoms with Gasteiger partial charge in [-0.1, -0.05) is 32.4 Å². The van der Waals surface area contributed by atoms with Crippen LogP contribution in [-0.4, -0.2) is 28.5 Å². The highest BCUT2D eigenvalue weighted by Crippen LogP contribution is 2.45. The molecule has 28 heavy (non-hydrogen) atoms. The monoisotopic (exact) mass is 424 g/mol. The molecule has 0 radical (unpaired) electrons. The molecule has 1 amide bonds. The third kappa shape index (κ3) is 5.15. The summed E-state index contributed by atoms with van der Waals surface area (Å²) >= 11 is 8.22. The van der Waals surface area contributed by atoms with Crippen molar-refractivity contribution in [1.82, 2.24) is 10.3 Å². The van der Waals surface area contributed by atoms with Gasteiger partial charge in [0.2, 0.25) is 5.89 Å². The molecule has 1 aliphatic carbocycles. The van der Waals surface area contributed by atoms with Crippen LogP contribution in [0.1, 0.15) is 60.3 Å². The second kappa shape index (κ2) is 7.79. The Hall–Kier alpha value is -1.40. The molecule has 154 valence electrons. The van der Waals surface area contributed by atoms with E-state index in [0.717, 1.165) is 34.7 Å². The van der Waals surface area contributed by atoms with E-state index in [-0.39, 0.29) is 11.5 Å². The first kappa shape index (κ1) is 21.3. The number of carbonyl (C=O) groups excluding carboxylic acids is 1. The number of hydrogen-bond donors (Lipinski definition) is 1. The molecule has 0 saturated heterocycles. The lowest BCUT2D eigenvalue weighted by Gasteiger charge is -2.35. The number of carbonyl (C=O) groups is 1. The van der Waals surface area contributed by atoms with Gasteiger partial charge in [0, 0.05) is 17.2 Å². The normalized spacial score (nSPS) is 20.1. The number of rotatable bonds is 4. The second-order valence-corrected chi connectivity index (χ2v) is 11.2. The number of benzene rings is 1. The molecule has 1 heterocycles. The van der Waals surface area contributed by atoms with E-state index in [0.29, 0.717) is 22.7 Å². The summed E-state index contributed by atoms with van der Waals surface area (Å²) in [6.07, 6.45) is 1.69. The van der Waals surface area contributed by atoms with Crippen LogP contribution < -0.4 is 5.32 Å². The van der Waals surface area contributed by atoms with Crippen molar-refractivity contribution < 1.29 is 13.9 Å². The zero-order valence-corrected chi connectivity index (χ0v) is 19.0. The van der Waals surface area contributed by atoms with Gasteiger partial charge in [-0.25, -0.2) is 9.78 Å². The van der Waals surface area contributed by atoms with Gasteiger partial charge >= 0.3 is 6.09 Å². The van der Waals surface area contributed by atoms with E-state index in [1.165, 1.54) is 0 Å². The van der Waals surface area contributed by atoms with E-state index in [1.807, 2.05) is 32.9 Å². The minimum atomic E-state index is -0.472. The molecule has 1 N–H and O–H groups in total. The Balaban J connectivity index is 1.59. The van der Waals surface area contributed by atoms with Crippen molar-refractivity contribution in [1.29, 1.82) is 0 Å². The number of aromatic nitrogens is 1. The van der Waals surface area contributed by atoms with Crippen LogP contribution in [0.4, 0.5) is 4.79 Å². The number of thioether (sulfide) groups is 1. The summed E-state index contributed by atoms with van der Waals surface area (Å²) in [6.45, 7) is 12.5. The van der Waals surface area contributed by atoms with E-state index in [2.05, 4.69) is 31.1 Å². The molecule has 3 rings (SSSR count). The van der Waals surface area contributed by atoms with Crippen molar-refractivity contribution in [3.63, 3.8) is 0 Å². The average molecular weight is 425 g/mol. The van der Waals surface area contributed by atoms with Crippen LogP contribution in [0, 0.1) is 5.92 Å². The number of oxazole rings is 1. The van der Waals surface area contributed by atoms with Crippen LogP contribution >= 0.6 is 23.4 Å². The molecule has 1 fully saturated rings. The molecule has 1 saturated carbocycles. The first-order valence-electron chi connectivity index (χ1n) is 9.65. The number of nitrogens with zero attached hydrogens (tertiary/aromatic N) is 1. The number of ether oxygens (including phenoxy) is 1. The van der Waals surface area contributed by atoms with Gasteiger partial charge in [0.15, 0.2) is 5.58 Å². The fraction of sp³-hybridized carbons (Fsp3) is 0.619. The molecule has 5 nitrogen and oxygen atoms in total. The second-order valence-electron chi connectivity index (χ2n) is 9.45. The molecular weight excluding hydrogens is 396 g/mol. The lowest BCUT2D eigenvalue weighted by molar-refractivity contribution is 0.0511. The van der Waals surface area contributed by atoms with Gasteiger partial charge in [-0.05, 0) is 51.7 Å². The molecule has 7 heteroatoms. The Morgan fingerprint density at radius 2 is 1.96 bits per heavy atom. The zero-order chi connectivity index (χ0) is 20.7. The summed E-state index contributed by atoms with van der Waals surface area (Å²) in [7, 11) is 0. The molecule has 0 aliphatic heterocycles. The van der Waals surface area contributed by atoms with Gasteiger partial charge in [-0.2, -0.15) is 0 Å². The maximum Gasteiger partial charge on any atom is 0.407 e.